The molecule has 3 heteroatoms. The van der Waals surface area contributed by atoms with E-state index < -0.39 is 0 Å². The summed E-state index contributed by atoms with van der Waals surface area (Å²) in [5.74, 6) is 0. The molecule has 0 amide bonds. The van der Waals surface area contributed by atoms with Crippen LogP contribution in [0.15, 0.2) is 21.9 Å². The number of hydrazone groups is 1. The first-order valence-electron chi connectivity index (χ1n) is 4.44. The van der Waals surface area contributed by atoms with Crippen molar-refractivity contribution in [1.29, 1.82) is 0 Å². The van der Waals surface area contributed by atoms with Crippen LogP contribution in [0.1, 0.15) is 19.3 Å². The third-order valence-corrected chi connectivity index (χ3v) is 2.04. The molecule has 0 aromatic carbocycles. The Labute approximate surface area is 72.5 Å². The van der Waals surface area contributed by atoms with Gasteiger partial charge in [0, 0.05) is 25.4 Å². The smallest absolute Gasteiger partial charge is 0.0779 e. The van der Waals surface area contributed by atoms with E-state index in [2.05, 4.69) is 21.2 Å². The molecule has 0 saturated heterocycles. The summed E-state index contributed by atoms with van der Waals surface area (Å²) in [5, 5.41) is 6.29. The highest BCUT2D eigenvalue weighted by molar-refractivity contribution is 5.61. The first-order chi connectivity index (χ1) is 5.95. The normalized spacial score (nSPS) is 21.7. The maximum absolute atomic E-state index is 4.31. The number of nitrogens with zero attached hydrogens (tertiary/aromatic N) is 3. The number of hydrogen-bond donors (Lipinski definition) is 0. The van der Waals surface area contributed by atoms with Crippen LogP contribution in [0, 0.1) is 0 Å². The molecule has 0 aliphatic carbocycles. The second-order valence-electron chi connectivity index (χ2n) is 3.06. The van der Waals surface area contributed by atoms with Gasteiger partial charge in [0.1, 0.15) is 0 Å². The van der Waals surface area contributed by atoms with Crippen LogP contribution in [0.5, 0.6) is 0 Å². The predicted octanol–water partition coefficient (Wildman–Crippen LogP) is 1.43. The molecule has 0 N–H and O–H groups in total. The zero-order chi connectivity index (χ0) is 8.23. The second-order valence-corrected chi connectivity index (χ2v) is 3.06. The molecule has 2 aliphatic rings. The Bertz CT molecular complexity index is 240. The number of allylic oxidation sites excluding steroid dienone is 1. The Morgan fingerprint density at radius 2 is 2.25 bits per heavy atom. The molecule has 2 aliphatic heterocycles. The van der Waals surface area contributed by atoms with Crippen molar-refractivity contribution >= 4 is 12.4 Å². The van der Waals surface area contributed by atoms with Gasteiger partial charge < -0.3 is 0 Å². The van der Waals surface area contributed by atoms with E-state index in [1.807, 2.05) is 12.4 Å². The molecule has 0 fully saturated rings. The average molecular weight is 163 g/mol. The molecule has 3 nitrogen and oxygen atoms in total. The summed E-state index contributed by atoms with van der Waals surface area (Å²) in [4.78, 5) is 4.31. The largest absolute Gasteiger partial charge is 0.291 e. The third-order valence-electron chi connectivity index (χ3n) is 2.04. The summed E-state index contributed by atoms with van der Waals surface area (Å²) in [7, 11) is 0. The predicted molar refractivity (Wildman–Crippen MR) is 50.5 cm³/mol. The lowest BCUT2D eigenvalue weighted by molar-refractivity contribution is 0.344. The fraction of sp³-hybridized carbons (Fsp3) is 0.556. The van der Waals surface area contributed by atoms with Gasteiger partial charge in [0.15, 0.2) is 0 Å². The molecule has 0 bridgehead atoms. The minimum atomic E-state index is 0.882. The van der Waals surface area contributed by atoms with Crippen LogP contribution in [-0.4, -0.2) is 30.5 Å². The quantitative estimate of drug-likeness (QED) is 0.605. The molecule has 0 unspecified atom stereocenters. The van der Waals surface area contributed by atoms with Crippen molar-refractivity contribution in [3.8, 4) is 0 Å². The zero-order valence-electron chi connectivity index (χ0n) is 7.11. The molecule has 0 aromatic rings. The monoisotopic (exact) mass is 163 g/mol. The van der Waals surface area contributed by atoms with Crippen LogP contribution >= 0.6 is 0 Å². The molecule has 2 rings (SSSR count). The molecule has 64 valence electrons. The first kappa shape index (κ1) is 7.53. The van der Waals surface area contributed by atoms with Crippen LogP contribution < -0.4 is 0 Å². The van der Waals surface area contributed by atoms with Crippen molar-refractivity contribution in [1.82, 2.24) is 5.01 Å². The summed E-state index contributed by atoms with van der Waals surface area (Å²) >= 11 is 0. The van der Waals surface area contributed by atoms with Gasteiger partial charge in [-0.3, -0.25) is 10.0 Å². The molecular formula is C9H13N3. The fourth-order valence-electron chi connectivity index (χ4n) is 1.41. The van der Waals surface area contributed by atoms with Crippen molar-refractivity contribution < 1.29 is 0 Å². The van der Waals surface area contributed by atoms with Gasteiger partial charge in [0.05, 0.1) is 12.2 Å². The summed E-state index contributed by atoms with van der Waals surface area (Å²) in [6.45, 7) is 1.93. The van der Waals surface area contributed by atoms with Gasteiger partial charge in [-0.05, 0) is 12.8 Å². The van der Waals surface area contributed by atoms with E-state index in [0.717, 1.165) is 32.4 Å². The van der Waals surface area contributed by atoms with E-state index >= 15 is 0 Å². The summed E-state index contributed by atoms with van der Waals surface area (Å²) in [6, 6.07) is 0. The molecule has 0 saturated carbocycles. The van der Waals surface area contributed by atoms with E-state index in [9.17, 15) is 0 Å². The molecular weight excluding hydrogens is 150 g/mol. The van der Waals surface area contributed by atoms with Crippen molar-refractivity contribution in [2.24, 2.45) is 10.1 Å². The van der Waals surface area contributed by atoms with Gasteiger partial charge >= 0.3 is 0 Å². The van der Waals surface area contributed by atoms with Crippen molar-refractivity contribution in [3.63, 3.8) is 0 Å². The van der Waals surface area contributed by atoms with E-state index in [1.54, 1.807) is 0 Å². The lowest BCUT2D eigenvalue weighted by Crippen LogP contribution is -2.17. The van der Waals surface area contributed by atoms with Crippen LogP contribution in [0.4, 0.5) is 0 Å². The van der Waals surface area contributed by atoms with E-state index in [-0.39, 0.29) is 0 Å². The molecule has 2 heterocycles. The third kappa shape index (κ3) is 1.72. The number of hydrogen-bond acceptors (Lipinski definition) is 3. The Balaban J connectivity index is 1.89. The van der Waals surface area contributed by atoms with Gasteiger partial charge in [0.2, 0.25) is 0 Å². The fourth-order valence-corrected chi connectivity index (χ4v) is 1.41. The van der Waals surface area contributed by atoms with E-state index in [4.69, 9.17) is 0 Å². The van der Waals surface area contributed by atoms with Gasteiger partial charge in [-0.25, -0.2) is 0 Å². The highest BCUT2D eigenvalue weighted by atomic mass is 15.5. The van der Waals surface area contributed by atoms with Crippen molar-refractivity contribution in [2.75, 3.05) is 13.1 Å². The maximum atomic E-state index is 4.31. The van der Waals surface area contributed by atoms with Gasteiger partial charge in [0.25, 0.3) is 0 Å². The molecule has 12 heavy (non-hydrogen) atoms. The Hall–Kier alpha value is -1.12. The Kier molecular flexibility index (Phi) is 2.21. The molecule has 0 atom stereocenters. The molecule has 0 radical (unpaired) electrons. The maximum Gasteiger partial charge on any atom is 0.0779 e. The molecule has 0 spiro atoms. The van der Waals surface area contributed by atoms with Crippen molar-refractivity contribution in [2.45, 2.75) is 19.3 Å². The first-order valence-corrected chi connectivity index (χ1v) is 4.44. The van der Waals surface area contributed by atoms with Crippen LogP contribution in [0.25, 0.3) is 0 Å². The second kappa shape index (κ2) is 3.52. The van der Waals surface area contributed by atoms with Gasteiger partial charge in [-0.1, -0.05) is 6.08 Å². The van der Waals surface area contributed by atoms with Crippen LogP contribution in [0.2, 0.25) is 0 Å². The summed E-state index contributed by atoms with van der Waals surface area (Å²) in [5.41, 5.74) is 1.17. The van der Waals surface area contributed by atoms with E-state index in [0.29, 0.717) is 0 Å². The highest BCUT2D eigenvalue weighted by Gasteiger charge is 2.08. The van der Waals surface area contributed by atoms with Crippen molar-refractivity contribution in [3.05, 3.63) is 11.8 Å². The summed E-state index contributed by atoms with van der Waals surface area (Å²) < 4.78 is 0. The summed E-state index contributed by atoms with van der Waals surface area (Å²) in [6.07, 6.45) is 9.47. The van der Waals surface area contributed by atoms with Crippen LogP contribution in [0.3, 0.4) is 0 Å². The Morgan fingerprint density at radius 3 is 2.92 bits per heavy atom. The Morgan fingerprint density at radius 1 is 1.25 bits per heavy atom. The standard InChI is InChI=1S/C9H13N3/c1-2-5-10-9(4-1)8-12-7-3-6-11-12/h4-6H,1-3,7-8H2. The average Bonchev–Trinajstić information content (AvgIpc) is 2.59. The molecule has 0 aromatic heterocycles. The van der Waals surface area contributed by atoms with Crippen LogP contribution in [-0.2, 0) is 0 Å². The minimum Gasteiger partial charge on any atom is -0.291 e. The SMILES string of the molecule is C1=NC(CN2CCC=N2)=CCC1. The number of aliphatic imine (C=N–C) groups is 1. The topological polar surface area (TPSA) is 28.0 Å². The van der Waals surface area contributed by atoms with Gasteiger partial charge in [-0.15, -0.1) is 0 Å². The zero-order valence-corrected chi connectivity index (χ0v) is 7.11. The highest BCUT2D eigenvalue weighted by Crippen LogP contribution is 2.10. The minimum absolute atomic E-state index is 0.882. The van der Waals surface area contributed by atoms with E-state index in [1.165, 1.54) is 5.70 Å². The number of rotatable bonds is 2. The van der Waals surface area contributed by atoms with Gasteiger partial charge in [-0.2, -0.15) is 5.10 Å². The lowest BCUT2D eigenvalue weighted by atomic mass is 10.2. The lowest BCUT2D eigenvalue weighted by Gasteiger charge is -2.14.